The molecule has 3 aliphatic carbocycles. The van der Waals surface area contributed by atoms with Crippen molar-refractivity contribution < 1.29 is 14.6 Å². The van der Waals surface area contributed by atoms with Gasteiger partial charge in [0.2, 0.25) is 0 Å². The molecular formula is C26H30O3. The highest BCUT2D eigenvalue weighted by atomic mass is 16.5. The van der Waals surface area contributed by atoms with Gasteiger partial charge in [0.05, 0.1) is 14.2 Å². The number of allylic oxidation sites excluding steroid dienone is 1. The van der Waals surface area contributed by atoms with E-state index >= 15 is 0 Å². The van der Waals surface area contributed by atoms with Crippen LogP contribution in [0.4, 0.5) is 0 Å². The predicted molar refractivity (Wildman–Crippen MR) is 115 cm³/mol. The van der Waals surface area contributed by atoms with Crippen LogP contribution in [0.1, 0.15) is 48.8 Å². The van der Waals surface area contributed by atoms with Gasteiger partial charge in [-0.3, -0.25) is 0 Å². The number of fused-ring (bicyclic) bond motifs is 2. The number of methoxy groups -OCH3 is 2. The third-order valence-corrected chi connectivity index (χ3v) is 7.48. The minimum atomic E-state index is 0.295. The Morgan fingerprint density at radius 1 is 1.00 bits per heavy atom. The molecule has 3 aliphatic rings. The van der Waals surface area contributed by atoms with E-state index in [4.69, 9.17) is 9.47 Å². The summed E-state index contributed by atoms with van der Waals surface area (Å²) in [6.07, 6.45) is 7.65. The van der Waals surface area contributed by atoms with Crippen molar-refractivity contribution in [1.82, 2.24) is 0 Å². The highest BCUT2D eigenvalue weighted by Crippen LogP contribution is 2.59. The maximum atomic E-state index is 9.52. The fourth-order valence-corrected chi connectivity index (χ4v) is 6.29. The summed E-state index contributed by atoms with van der Waals surface area (Å²) in [5.41, 5.74) is 5.03. The number of benzene rings is 2. The summed E-state index contributed by atoms with van der Waals surface area (Å²) in [6.45, 7) is 0. The molecule has 152 valence electrons. The number of aromatic hydroxyl groups is 1. The van der Waals surface area contributed by atoms with Gasteiger partial charge in [-0.15, -0.1) is 0 Å². The first-order valence-corrected chi connectivity index (χ1v) is 10.9. The van der Waals surface area contributed by atoms with E-state index in [1.807, 2.05) is 19.2 Å². The number of phenols is 1. The Hall–Kier alpha value is -2.42. The Kier molecular flexibility index (Phi) is 4.77. The highest BCUT2D eigenvalue weighted by molar-refractivity contribution is 5.67. The van der Waals surface area contributed by atoms with Crippen molar-refractivity contribution in [1.29, 1.82) is 0 Å². The van der Waals surface area contributed by atoms with Crippen molar-refractivity contribution in [3.05, 3.63) is 64.7 Å². The molecule has 5 rings (SSSR count). The summed E-state index contributed by atoms with van der Waals surface area (Å²) in [6, 6.07) is 13.9. The first kappa shape index (κ1) is 18.6. The Balaban J connectivity index is 1.49. The number of rotatable bonds is 5. The van der Waals surface area contributed by atoms with E-state index in [0.29, 0.717) is 11.7 Å². The number of hydrogen-bond acceptors (Lipinski definition) is 3. The van der Waals surface area contributed by atoms with E-state index in [2.05, 4.69) is 18.2 Å². The molecular weight excluding hydrogens is 360 g/mol. The fourth-order valence-electron chi connectivity index (χ4n) is 6.29. The first-order valence-electron chi connectivity index (χ1n) is 10.9. The molecule has 3 fully saturated rings. The second-order valence-electron chi connectivity index (χ2n) is 9.07. The third-order valence-electron chi connectivity index (χ3n) is 7.48. The van der Waals surface area contributed by atoms with Gasteiger partial charge >= 0.3 is 0 Å². The van der Waals surface area contributed by atoms with E-state index in [9.17, 15) is 5.11 Å². The van der Waals surface area contributed by atoms with Crippen molar-refractivity contribution in [2.45, 2.75) is 38.5 Å². The zero-order valence-corrected chi connectivity index (χ0v) is 17.4. The molecule has 0 aliphatic heterocycles. The summed E-state index contributed by atoms with van der Waals surface area (Å²) in [5, 5.41) is 9.52. The summed E-state index contributed by atoms with van der Waals surface area (Å²) >= 11 is 0. The summed E-state index contributed by atoms with van der Waals surface area (Å²) in [5.74, 6) is 5.54. The smallest absolute Gasteiger partial charge is 0.125 e. The molecule has 0 amide bonds. The minimum Gasteiger partial charge on any atom is -0.508 e. The van der Waals surface area contributed by atoms with Crippen LogP contribution < -0.4 is 4.74 Å². The van der Waals surface area contributed by atoms with Crippen LogP contribution in [0.15, 0.2) is 48.0 Å². The normalized spacial score (nSPS) is 29.0. The molecule has 0 heterocycles. The molecule has 29 heavy (non-hydrogen) atoms. The number of phenolic OH excluding ortho intramolecular Hbond substituents is 1. The summed E-state index contributed by atoms with van der Waals surface area (Å²) < 4.78 is 11.8. The number of hydrogen-bond donors (Lipinski definition) is 1. The third kappa shape index (κ3) is 3.31. The molecule has 0 spiro atoms. The molecule has 3 bridgehead atoms. The molecule has 4 atom stereocenters. The Morgan fingerprint density at radius 2 is 1.83 bits per heavy atom. The van der Waals surface area contributed by atoms with Crippen LogP contribution in [0, 0.1) is 23.7 Å². The highest BCUT2D eigenvalue weighted by Gasteiger charge is 2.49. The molecule has 2 aromatic rings. The number of ether oxygens (including phenoxy) is 2. The Morgan fingerprint density at radius 3 is 2.59 bits per heavy atom. The quantitative estimate of drug-likeness (QED) is 0.655. The monoisotopic (exact) mass is 390 g/mol. The van der Waals surface area contributed by atoms with Crippen LogP contribution in [-0.2, 0) is 11.2 Å². The van der Waals surface area contributed by atoms with Gasteiger partial charge in [-0.25, -0.2) is 0 Å². The lowest BCUT2D eigenvalue weighted by molar-refractivity contribution is 0.178. The maximum absolute atomic E-state index is 9.52. The van der Waals surface area contributed by atoms with Crippen molar-refractivity contribution in [2.24, 2.45) is 23.7 Å². The summed E-state index contributed by atoms with van der Waals surface area (Å²) in [4.78, 5) is 0. The molecule has 0 saturated heterocycles. The average Bonchev–Trinajstić information content (AvgIpc) is 2.90. The van der Waals surface area contributed by atoms with Gasteiger partial charge in [0.1, 0.15) is 17.3 Å². The summed E-state index contributed by atoms with van der Waals surface area (Å²) in [7, 11) is 3.57. The minimum absolute atomic E-state index is 0.295. The second-order valence-corrected chi connectivity index (χ2v) is 9.07. The van der Waals surface area contributed by atoms with Crippen molar-refractivity contribution in [2.75, 3.05) is 14.2 Å². The Labute approximate surface area is 173 Å². The van der Waals surface area contributed by atoms with Gasteiger partial charge in [0.25, 0.3) is 0 Å². The van der Waals surface area contributed by atoms with Crippen molar-refractivity contribution in [3.8, 4) is 11.5 Å². The molecule has 1 N–H and O–H groups in total. The molecule has 0 radical (unpaired) electrons. The lowest BCUT2D eigenvalue weighted by Crippen LogP contribution is -2.22. The zero-order valence-electron chi connectivity index (χ0n) is 17.4. The molecule has 3 nitrogen and oxygen atoms in total. The second kappa shape index (κ2) is 7.44. The van der Waals surface area contributed by atoms with E-state index in [1.54, 1.807) is 24.8 Å². The first-order chi connectivity index (χ1) is 14.2. The SMILES string of the molecule is CO/C(=C1\C2CC3CCC1C(C3)C2)c1ccc(Cc2ccc(O)cc2)c(OC)c1. The van der Waals surface area contributed by atoms with Crippen molar-refractivity contribution in [3.63, 3.8) is 0 Å². The predicted octanol–water partition coefficient (Wildman–Crippen LogP) is 5.81. The van der Waals surface area contributed by atoms with E-state index in [-0.39, 0.29) is 0 Å². The van der Waals surface area contributed by atoms with Gasteiger partial charge in [-0.2, -0.15) is 0 Å². The lowest BCUT2D eigenvalue weighted by Gasteiger charge is -2.33. The van der Waals surface area contributed by atoms with Crippen LogP contribution in [0.5, 0.6) is 11.5 Å². The van der Waals surface area contributed by atoms with Crippen molar-refractivity contribution >= 4 is 5.76 Å². The van der Waals surface area contributed by atoms with E-state index in [0.717, 1.165) is 52.4 Å². The van der Waals surface area contributed by atoms with Gasteiger partial charge in [0.15, 0.2) is 0 Å². The maximum Gasteiger partial charge on any atom is 0.125 e. The molecule has 3 heteroatoms. The van der Waals surface area contributed by atoms with Gasteiger partial charge in [-0.1, -0.05) is 24.3 Å². The Bertz CT molecular complexity index is 927. The van der Waals surface area contributed by atoms with Gasteiger partial charge in [0, 0.05) is 12.0 Å². The van der Waals surface area contributed by atoms with Crippen LogP contribution >= 0.6 is 0 Å². The zero-order chi connectivity index (χ0) is 20.0. The van der Waals surface area contributed by atoms with Gasteiger partial charge < -0.3 is 14.6 Å². The van der Waals surface area contributed by atoms with Crippen LogP contribution in [-0.4, -0.2) is 19.3 Å². The molecule has 4 unspecified atom stereocenters. The van der Waals surface area contributed by atoms with E-state index in [1.165, 1.54) is 32.1 Å². The van der Waals surface area contributed by atoms with E-state index < -0.39 is 0 Å². The topological polar surface area (TPSA) is 38.7 Å². The van der Waals surface area contributed by atoms with Gasteiger partial charge in [-0.05, 0) is 90.7 Å². The standard InChI is InChI=1S/C26H30O3/c1-28-24-15-19(7-6-18(24)11-16-3-8-22(27)9-4-16)26(29-2)25-21-13-17-5-10-23(25)20(12-17)14-21/h3-4,6-9,15,17,20-21,23,27H,5,10-14H2,1-2H3/b26-25+. The van der Waals surface area contributed by atoms with Crippen LogP contribution in [0.3, 0.4) is 0 Å². The molecule has 0 aromatic heterocycles. The molecule has 2 aromatic carbocycles. The largest absolute Gasteiger partial charge is 0.508 e. The molecule has 3 saturated carbocycles. The van der Waals surface area contributed by atoms with Crippen LogP contribution in [0.25, 0.3) is 5.76 Å². The van der Waals surface area contributed by atoms with Crippen LogP contribution in [0.2, 0.25) is 0 Å². The lowest BCUT2D eigenvalue weighted by atomic mass is 9.72. The fraction of sp³-hybridized carbons (Fsp3) is 0.462. The average molecular weight is 391 g/mol.